The Hall–Kier alpha value is -1.13. The average molecular weight is 229 g/mol. The van der Waals surface area contributed by atoms with Crippen molar-refractivity contribution >= 4 is 18.1 Å². The van der Waals surface area contributed by atoms with Crippen LogP contribution < -0.4 is 5.32 Å². The monoisotopic (exact) mass is 228 g/mol. The molecule has 1 aliphatic heterocycles. The lowest BCUT2D eigenvalue weighted by molar-refractivity contribution is -0.384. The second-order valence-electron chi connectivity index (χ2n) is 3.67. The van der Waals surface area contributed by atoms with Crippen LogP contribution >= 0.6 is 12.4 Å². The minimum absolute atomic E-state index is 0. The molecule has 0 aliphatic carbocycles. The number of nitrogens with one attached hydrogen (secondary N) is 1. The molecule has 0 bridgehead atoms. The maximum atomic E-state index is 10.6. The first-order chi connectivity index (χ1) is 6.68. The molecule has 1 unspecified atom stereocenters. The quantitative estimate of drug-likeness (QED) is 0.592. The van der Waals surface area contributed by atoms with Crippen LogP contribution in [0.3, 0.4) is 0 Å². The molecule has 0 amide bonds. The van der Waals surface area contributed by atoms with Crippen molar-refractivity contribution in [3.63, 3.8) is 0 Å². The highest BCUT2D eigenvalue weighted by molar-refractivity contribution is 5.85. The van der Waals surface area contributed by atoms with Crippen LogP contribution in [0.1, 0.15) is 24.0 Å². The average Bonchev–Trinajstić information content (AvgIpc) is 2.17. The highest BCUT2D eigenvalue weighted by Gasteiger charge is 2.18. The summed E-state index contributed by atoms with van der Waals surface area (Å²) < 4.78 is 0. The van der Waals surface area contributed by atoms with E-state index in [1.54, 1.807) is 12.1 Å². The van der Waals surface area contributed by atoms with Gasteiger partial charge in [-0.25, -0.2) is 0 Å². The summed E-state index contributed by atoms with van der Waals surface area (Å²) in [5.74, 6) is 0.444. The third kappa shape index (κ3) is 2.27. The third-order valence-electron chi connectivity index (χ3n) is 2.63. The van der Waals surface area contributed by atoms with Crippen LogP contribution in [0.2, 0.25) is 0 Å². The van der Waals surface area contributed by atoms with E-state index in [1.165, 1.54) is 5.56 Å². The molecular formula is C10H13ClN2O2. The summed E-state index contributed by atoms with van der Waals surface area (Å²) >= 11 is 0. The molecular weight excluding hydrogens is 216 g/mol. The summed E-state index contributed by atoms with van der Waals surface area (Å²) in [4.78, 5) is 10.2. The van der Waals surface area contributed by atoms with Gasteiger partial charge in [-0.1, -0.05) is 13.0 Å². The first kappa shape index (κ1) is 11.9. The molecule has 0 saturated heterocycles. The van der Waals surface area contributed by atoms with Gasteiger partial charge in [0.05, 0.1) is 4.92 Å². The molecule has 0 radical (unpaired) electrons. The fourth-order valence-corrected chi connectivity index (χ4v) is 1.87. The highest BCUT2D eigenvalue weighted by Crippen LogP contribution is 2.26. The van der Waals surface area contributed by atoms with E-state index in [4.69, 9.17) is 0 Å². The number of hydrogen-bond donors (Lipinski definition) is 1. The summed E-state index contributed by atoms with van der Waals surface area (Å²) in [7, 11) is 0. The Kier molecular flexibility index (Phi) is 3.66. The van der Waals surface area contributed by atoms with Crippen molar-refractivity contribution in [1.29, 1.82) is 0 Å². The molecule has 0 saturated carbocycles. The number of hydrogen-bond acceptors (Lipinski definition) is 3. The second-order valence-corrected chi connectivity index (χ2v) is 3.67. The molecule has 1 aromatic carbocycles. The van der Waals surface area contributed by atoms with Gasteiger partial charge in [-0.05, 0) is 17.0 Å². The first-order valence-electron chi connectivity index (χ1n) is 4.66. The fourth-order valence-electron chi connectivity index (χ4n) is 1.87. The van der Waals surface area contributed by atoms with Gasteiger partial charge >= 0.3 is 0 Å². The van der Waals surface area contributed by atoms with Crippen molar-refractivity contribution in [1.82, 2.24) is 5.32 Å². The number of halogens is 1. The Bertz CT molecular complexity index is 382. The smallest absolute Gasteiger partial charge is 0.269 e. The molecule has 1 atom stereocenters. The number of non-ortho nitro benzene ring substituents is 1. The van der Waals surface area contributed by atoms with Crippen molar-refractivity contribution < 1.29 is 4.92 Å². The Morgan fingerprint density at radius 1 is 1.53 bits per heavy atom. The van der Waals surface area contributed by atoms with Crippen LogP contribution in [0.5, 0.6) is 0 Å². The van der Waals surface area contributed by atoms with Crippen LogP contribution in [0.4, 0.5) is 5.69 Å². The molecule has 5 heteroatoms. The zero-order valence-corrected chi connectivity index (χ0v) is 9.21. The lowest BCUT2D eigenvalue weighted by Gasteiger charge is -2.22. The molecule has 1 N–H and O–H groups in total. The molecule has 0 spiro atoms. The SMILES string of the molecule is CC1CNCc2cc([N+](=O)[O-])ccc21.Cl. The molecule has 4 nitrogen and oxygen atoms in total. The van der Waals surface area contributed by atoms with Gasteiger partial charge in [-0.15, -0.1) is 12.4 Å². The lowest BCUT2D eigenvalue weighted by Crippen LogP contribution is -2.26. The van der Waals surface area contributed by atoms with Crippen molar-refractivity contribution in [2.24, 2.45) is 0 Å². The molecule has 82 valence electrons. The van der Waals surface area contributed by atoms with Crippen molar-refractivity contribution in [2.45, 2.75) is 19.4 Å². The van der Waals surface area contributed by atoms with Crippen LogP contribution in [0, 0.1) is 10.1 Å². The molecule has 15 heavy (non-hydrogen) atoms. The Labute approximate surface area is 94.2 Å². The first-order valence-corrected chi connectivity index (χ1v) is 4.66. The van der Waals surface area contributed by atoms with Crippen molar-refractivity contribution in [2.75, 3.05) is 6.54 Å². The predicted octanol–water partition coefficient (Wildman–Crippen LogP) is 2.22. The normalized spacial score (nSPS) is 18.9. The van der Waals surface area contributed by atoms with E-state index in [9.17, 15) is 10.1 Å². The Morgan fingerprint density at radius 3 is 2.93 bits per heavy atom. The summed E-state index contributed by atoms with van der Waals surface area (Å²) in [6.45, 7) is 3.81. The van der Waals surface area contributed by atoms with Gasteiger partial charge in [-0.3, -0.25) is 10.1 Å². The van der Waals surface area contributed by atoms with Gasteiger partial charge in [0.25, 0.3) is 5.69 Å². The molecule has 1 heterocycles. The van der Waals surface area contributed by atoms with E-state index < -0.39 is 0 Å². The third-order valence-corrected chi connectivity index (χ3v) is 2.63. The molecule has 0 aromatic heterocycles. The zero-order chi connectivity index (χ0) is 10.1. The predicted molar refractivity (Wildman–Crippen MR) is 60.5 cm³/mol. The summed E-state index contributed by atoms with van der Waals surface area (Å²) in [6.07, 6.45) is 0. The maximum absolute atomic E-state index is 10.6. The molecule has 2 rings (SSSR count). The summed E-state index contributed by atoms with van der Waals surface area (Å²) in [5, 5.41) is 13.8. The summed E-state index contributed by atoms with van der Waals surface area (Å²) in [5.41, 5.74) is 2.46. The fraction of sp³-hybridized carbons (Fsp3) is 0.400. The van der Waals surface area contributed by atoms with E-state index in [1.807, 2.05) is 6.07 Å². The topological polar surface area (TPSA) is 55.2 Å². The van der Waals surface area contributed by atoms with E-state index in [0.29, 0.717) is 5.92 Å². The minimum Gasteiger partial charge on any atom is -0.312 e. The number of rotatable bonds is 1. The number of nitro benzene ring substituents is 1. The number of nitrogens with zero attached hydrogens (tertiary/aromatic N) is 1. The van der Waals surface area contributed by atoms with Gasteiger partial charge in [-0.2, -0.15) is 0 Å². The maximum Gasteiger partial charge on any atom is 0.269 e. The van der Waals surface area contributed by atoms with E-state index in [2.05, 4.69) is 12.2 Å². The van der Waals surface area contributed by atoms with Crippen LogP contribution in [0.15, 0.2) is 18.2 Å². The van der Waals surface area contributed by atoms with Gasteiger partial charge in [0.1, 0.15) is 0 Å². The Balaban J connectivity index is 0.00000112. The van der Waals surface area contributed by atoms with Crippen molar-refractivity contribution in [3.05, 3.63) is 39.4 Å². The van der Waals surface area contributed by atoms with Crippen molar-refractivity contribution in [3.8, 4) is 0 Å². The molecule has 1 aromatic rings. The van der Waals surface area contributed by atoms with E-state index in [-0.39, 0.29) is 23.0 Å². The van der Waals surface area contributed by atoms with Gasteiger partial charge < -0.3 is 5.32 Å². The molecule has 0 fully saturated rings. The highest BCUT2D eigenvalue weighted by atomic mass is 35.5. The number of fused-ring (bicyclic) bond motifs is 1. The number of nitro groups is 1. The van der Waals surface area contributed by atoms with Crippen LogP contribution in [0.25, 0.3) is 0 Å². The van der Waals surface area contributed by atoms with E-state index >= 15 is 0 Å². The van der Waals surface area contributed by atoms with Gasteiger partial charge in [0.2, 0.25) is 0 Å². The summed E-state index contributed by atoms with van der Waals surface area (Å²) in [6, 6.07) is 5.12. The van der Waals surface area contributed by atoms with Gasteiger partial charge in [0, 0.05) is 25.2 Å². The number of benzene rings is 1. The van der Waals surface area contributed by atoms with E-state index in [0.717, 1.165) is 18.7 Å². The lowest BCUT2D eigenvalue weighted by atomic mass is 9.92. The zero-order valence-electron chi connectivity index (χ0n) is 8.40. The molecule has 1 aliphatic rings. The van der Waals surface area contributed by atoms with Crippen LogP contribution in [-0.2, 0) is 6.54 Å². The largest absolute Gasteiger partial charge is 0.312 e. The Morgan fingerprint density at radius 2 is 2.27 bits per heavy atom. The standard InChI is InChI=1S/C10H12N2O2.ClH/c1-7-5-11-6-8-4-9(12(13)14)2-3-10(7)8;/h2-4,7,11H,5-6H2,1H3;1H. The van der Waals surface area contributed by atoms with Gasteiger partial charge in [0.15, 0.2) is 0 Å². The second kappa shape index (κ2) is 4.59. The van der Waals surface area contributed by atoms with Crippen LogP contribution in [-0.4, -0.2) is 11.5 Å². The minimum atomic E-state index is -0.348.